The summed E-state index contributed by atoms with van der Waals surface area (Å²) in [4.78, 5) is 12.9. The van der Waals surface area contributed by atoms with Gasteiger partial charge in [0.15, 0.2) is 0 Å². The van der Waals surface area contributed by atoms with Crippen molar-refractivity contribution in [1.29, 1.82) is 5.26 Å². The number of alkyl halides is 3. The Morgan fingerprint density at radius 2 is 1.79 bits per heavy atom. The largest absolute Gasteiger partial charge is 0.508 e. The minimum absolute atomic E-state index is 0.0159. The fraction of sp³-hybridized carbons (Fsp3) is 0.100. The maximum atomic E-state index is 13.3. The molecule has 6 nitrogen and oxygen atoms in total. The van der Waals surface area contributed by atoms with Gasteiger partial charge in [-0.05, 0) is 42.5 Å². The highest BCUT2D eigenvalue weighted by Gasteiger charge is 2.34. The molecule has 0 aliphatic heterocycles. The third-order valence-electron chi connectivity index (χ3n) is 4.26. The molecule has 0 saturated heterocycles. The van der Waals surface area contributed by atoms with E-state index in [4.69, 9.17) is 5.26 Å². The molecule has 0 bridgehead atoms. The van der Waals surface area contributed by atoms with Gasteiger partial charge in [-0.15, -0.1) is 6.58 Å². The Morgan fingerprint density at radius 1 is 1.14 bits per heavy atom. The molecule has 3 aromatic rings. The Morgan fingerprint density at radius 3 is 2.34 bits per heavy atom. The van der Waals surface area contributed by atoms with Crippen molar-refractivity contribution in [1.82, 2.24) is 9.13 Å². The number of imidazole rings is 1. The predicted molar refractivity (Wildman–Crippen MR) is 98.7 cm³/mol. The molecule has 148 valence electrons. The Bertz CT molecular complexity index is 1180. The predicted octanol–water partition coefficient (Wildman–Crippen LogP) is 3.79. The van der Waals surface area contributed by atoms with E-state index in [9.17, 15) is 28.2 Å². The van der Waals surface area contributed by atoms with E-state index in [1.807, 2.05) is 0 Å². The molecule has 2 N–H and O–H groups in total. The molecule has 0 aliphatic rings. The summed E-state index contributed by atoms with van der Waals surface area (Å²) in [5.41, 5.74) is -2.44. The van der Waals surface area contributed by atoms with E-state index in [1.165, 1.54) is 36.4 Å². The number of aromatic nitrogens is 2. The summed E-state index contributed by atoms with van der Waals surface area (Å²) in [6.45, 7) is 3.54. The summed E-state index contributed by atoms with van der Waals surface area (Å²) in [6.07, 6.45) is -3.42. The van der Waals surface area contributed by atoms with Crippen LogP contribution in [0.1, 0.15) is 11.1 Å². The van der Waals surface area contributed by atoms with E-state index in [-0.39, 0.29) is 23.7 Å². The molecule has 0 unspecified atom stereocenters. The van der Waals surface area contributed by atoms with Gasteiger partial charge < -0.3 is 10.2 Å². The molecule has 0 atom stereocenters. The van der Waals surface area contributed by atoms with Gasteiger partial charge in [0.1, 0.15) is 11.4 Å². The van der Waals surface area contributed by atoms with Crippen LogP contribution in [0.5, 0.6) is 11.6 Å². The van der Waals surface area contributed by atoms with Crippen LogP contribution in [0, 0.1) is 11.3 Å². The summed E-state index contributed by atoms with van der Waals surface area (Å²) in [5.74, 6) is -0.618. The third kappa shape index (κ3) is 3.48. The van der Waals surface area contributed by atoms with Gasteiger partial charge in [0, 0.05) is 12.1 Å². The van der Waals surface area contributed by atoms with Crippen molar-refractivity contribution < 1.29 is 23.4 Å². The molecule has 0 saturated carbocycles. The van der Waals surface area contributed by atoms with Crippen LogP contribution in [0.2, 0.25) is 0 Å². The van der Waals surface area contributed by atoms with E-state index < -0.39 is 28.9 Å². The number of phenols is 1. The number of hydrogen-bond acceptors (Lipinski definition) is 4. The number of allylic oxidation sites excluding steroid dienone is 1. The summed E-state index contributed by atoms with van der Waals surface area (Å²) >= 11 is 0. The van der Waals surface area contributed by atoms with Gasteiger partial charge in [-0.2, -0.15) is 18.4 Å². The number of aromatic hydroxyl groups is 2. The average Bonchev–Trinajstić information content (AvgIpc) is 2.92. The first-order valence-electron chi connectivity index (χ1n) is 8.25. The van der Waals surface area contributed by atoms with Gasteiger partial charge in [-0.1, -0.05) is 6.08 Å². The van der Waals surface area contributed by atoms with Gasteiger partial charge in [-0.3, -0.25) is 4.57 Å². The molecule has 1 aromatic heterocycles. The first kappa shape index (κ1) is 19.8. The van der Waals surface area contributed by atoms with Crippen molar-refractivity contribution in [2.24, 2.45) is 0 Å². The summed E-state index contributed by atoms with van der Waals surface area (Å²) in [6, 6.07) is 9.78. The number of phenolic OH excluding ortho intramolecular Hbond substituents is 1. The van der Waals surface area contributed by atoms with Crippen LogP contribution >= 0.6 is 0 Å². The zero-order valence-electron chi connectivity index (χ0n) is 14.8. The normalized spacial score (nSPS) is 11.2. The quantitative estimate of drug-likeness (QED) is 0.651. The van der Waals surface area contributed by atoms with Crippen molar-refractivity contribution in [3.05, 3.63) is 76.7 Å². The van der Waals surface area contributed by atoms with Gasteiger partial charge in [0.05, 0.1) is 22.9 Å². The first-order chi connectivity index (χ1) is 13.7. The monoisotopic (exact) mass is 401 g/mol. The molecule has 9 heteroatoms. The highest BCUT2D eigenvalue weighted by molar-refractivity contribution is 5.67. The smallest absolute Gasteiger partial charge is 0.417 e. The Balaban J connectivity index is 2.31. The minimum atomic E-state index is -4.82. The van der Waals surface area contributed by atoms with E-state index in [1.54, 1.807) is 0 Å². The zero-order chi connectivity index (χ0) is 21.3. The lowest BCUT2D eigenvalue weighted by Gasteiger charge is -2.11. The van der Waals surface area contributed by atoms with E-state index in [0.29, 0.717) is 11.6 Å². The van der Waals surface area contributed by atoms with Gasteiger partial charge in [0.25, 0.3) is 0 Å². The standard InChI is InChI=1S/C20H14F3N3O3/c1-2-9-25-17(12-4-7-15(27)8-5-12)18(28)26(19(25)29)14-6-3-13(11-24)16(10-14)20(21,22)23/h2-8,10,27-28H,1,9H2. The minimum Gasteiger partial charge on any atom is -0.508 e. The topological polar surface area (TPSA) is 91.2 Å². The lowest BCUT2D eigenvalue weighted by Crippen LogP contribution is -2.23. The van der Waals surface area contributed by atoms with Crippen LogP contribution in [0.4, 0.5) is 13.2 Å². The highest BCUT2D eigenvalue weighted by Crippen LogP contribution is 2.35. The molecule has 0 aliphatic carbocycles. The molecule has 2 aromatic carbocycles. The van der Waals surface area contributed by atoms with Crippen LogP contribution in [0.15, 0.2) is 59.9 Å². The Labute approximate surface area is 162 Å². The molecule has 0 fully saturated rings. The van der Waals surface area contributed by atoms with E-state index in [2.05, 4.69) is 6.58 Å². The van der Waals surface area contributed by atoms with Crippen LogP contribution in [0.25, 0.3) is 16.9 Å². The van der Waals surface area contributed by atoms with Crippen molar-refractivity contribution in [2.45, 2.75) is 12.7 Å². The summed E-state index contributed by atoms with van der Waals surface area (Å²) in [5, 5.41) is 29.1. The molecular weight excluding hydrogens is 387 g/mol. The van der Waals surface area contributed by atoms with E-state index in [0.717, 1.165) is 21.3 Å². The van der Waals surface area contributed by atoms with Crippen LogP contribution in [0.3, 0.4) is 0 Å². The third-order valence-corrected chi connectivity index (χ3v) is 4.26. The average molecular weight is 401 g/mol. The highest BCUT2D eigenvalue weighted by atomic mass is 19.4. The van der Waals surface area contributed by atoms with E-state index >= 15 is 0 Å². The lowest BCUT2D eigenvalue weighted by molar-refractivity contribution is -0.137. The van der Waals surface area contributed by atoms with Crippen LogP contribution < -0.4 is 5.69 Å². The summed E-state index contributed by atoms with van der Waals surface area (Å²) < 4.78 is 41.8. The maximum Gasteiger partial charge on any atom is 0.417 e. The summed E-state index contributed by atoms with van der Waals surface area (Å²) in [7, 11) is 0. The van der Waals surface area contributed by atoms with Crippen molar-refractivity contribution >= 4 is 0 Å². The number of rotatable bonds is 4. The van der Waals surface area contributed by atoms with Gasteiger partial charge in [0.2, 0.25) is 5.88 Å². The van der Waals surface area contributed by atoms with Crippen LogP contribution in [-0.2, 0) is 12.7 Å². The number of halogens is 3. The van der Waals surface area contributed by atoms with Crippen molar-refractivity contribution in [3.8, 4) is 34.6 Å². The molecule has 29 heavy (non-hydrogen) atoms. The molecule has 0 amide bonds. The SMILES string of the molecule is C=CCn1c(-c2ccc(O)cc2)c(O)n(-c2ccc(C#N)c(C(F)(F)F)c2)c1=O. The maximum absolute atomic E-state index is 13.3. The molecule has 0 radical (unpaired) electrons. The number of benzene rings is 2. The second-order valence-corrected chi connectivity index (χ2v) is 6.08. The molecular formula is C20H14F3N3O3. The fourth-order valence-electron chi connectivity index (χ4n) is 2.97. The van der Waals surface area contributed by atoms with Crippen molar-refractivity contribution in [2.75, 3.05) is 0 Å². The first-order valence-corrected chi connectivity index (χ1v) is 8.25. The lowest BCUT2D eigenvalue weighted by atomic mass is 10.1. The second kappa shape index (κ2) is 7.24. The zero-order valence-corrected chi connectivity index (χ0v) is 14.8. The van der Waals surface area contributed by atoms with Crippen molar-refractivity contribution in [3.63, 3.8) is 0 Å². The number of nitrogens with zero attached hydrogens (tertiary/aromatic N) is 3. The Hall–Kier alpha value is -3.93. The fourth-order valence-corrected chi connectivity index (χ4v) is 2.97. The number of nitriles is 1. The van der Waals surface area contributed by atoms with Gasteiger partial charge in [-0.25, -0.2) is 9.36 Å². The van der Waals surface area contributed by atoms with Gasteiger partial charge >= 0.3 is 11.9 Å². The van der Waals surface area contributed by atoms with Crippen LogP contribution in [-0.4, -0.2) is 19.3 Å². The second-order valence-electron chi connectivity index (χ2n) is 6.08. The molecule has 1 heterocycles. The Kier molecular flexibility index (Phi) is 4.95. The molecule has 3 rings (SSSR count). The molecule has 0 spiro atoms. The number of hydrogen-bond donors (Lipinski definition) is 2.